The summed E-state index contributed by atoms with van der Waals surface area (Å²) in [7, 11) is 0. The van der Waals surface area contributed by atoms with Gasteiger partial charge in [-0.15, -0.1) is 0 Å². The van der Waals surface area contributed by atoms with E-state index in [4.69, 9.17) is 18.8 Å². The quantitative estimate of drug-likeness (QED) is 0.203. The molecular formula is C45H29N3O2. The van der Waals surface area contributed by atoms with Crippen LogP contribution >= 0.6 is 0 Å². The summed E-state index contributed by atoms with van der Waals surface area (Å²) in [6.45, 7) is 0. The fraction of sp³-hybridized carbons (Fsp3) is 0.0222. The highest BCUT2D eigenvalue weighted by Gasteiger charge is 2.26. The number of furan rings is 2. The topological polar surface area (TPSA) is 63.0 Å². The van der Waals surface area contributed by atoms with Crippen molar-refractivity contribution in [1.82, 2.24) is 5.32 Å². The molecule has 9 aromatic rings. The number of benzene rings is 7. The van der Waals surface area contributed by atoms with Crippen molar-refractivity contribution in [2.24, 2.45) is 9.98 Å². The summed E-state index contributed by atoms with van der Waals surface area (Å²) in [6.07, 6.45) is -0.396. The number of nitrogens with zero attached hydrogens (tertiary/aromatic N) is 2. The number of para-hydroxylation sites is 1. The first-order chi connectivity index (χ1) is 24.8. The highest BCUT2D eigenvalue weighted by Crippen LogP contribution is 2.37. The molecule has 1 atom stereocenters. The second-order valence-electron chi connectivity index (χ2n) is 12.6. The Balaban J connectivity index is 1.17. The molecule has 7 aromatic carbocycles. The van der Waals surface area contributed by atoms with Gasteiger partial charge in [-0.2, -0.15) is 0 Å². The number of aliphatic imine (C=N–C) groups is 2. The first kappa shape index (κ1) is 28.3. The smallest absolute Gasteiger partial charge is 0.160 e. The lowest BCUT2D eigenvalue weighted by Crippen LogP contribution is -2.33. The molecule has 5 nitrogen and oxygen atoms in total. The van der Waals surface area contributed by atoms with Gasteiger partial charge in [-0.3, -0.25) is 0 Å². The highest BCUT2D eigenvalue weighted by atomic mass is 16.3. The molecule has 0 bridgehead atoms. The number of nitrogens with one attached hydrogen (secondary N) is 1. The lowest BCUT2D eigenvalue weighted by molar-refractivity contribution is 0.667. The summed E-state index contributed by atoms with van der Waals surface area (Å²) < 4.78 is 12.8. The summed E-state index contributed by atoms with van der Waals surface area (Å²) in [5.74, 6) is 1.37. The molecule has 236 valence electrons. The molecule has 1 aliphatic heterocycles. The van der Waals surface area contributed by atoms with E-state index in [1.165, 1.54) is 0 Å². The first-order valence-corrected chi connectivity index (χ1v) is 16.8. The second kappa shape index (κ2) is 11.5. The zero-order chi connectivity index (χ0) is 33.0. The zero-order valence-corrected chi connectivity index (χ0v) is 26.9. The second-order valence-corrected chi connectivity index (χ2v) is 12.6. The number of amidine groups is 2. The van der Waals surface area contributed by atoms with Gasteiger partial charge in [0.1, 0.15) is 34.3 Å². The van der Waals surface area contributed by atoms with Crippen LogP contribution in [0.1, 0.15) is 22.9 Å². The number of hydrogen-bond acceptors (Lipinski definition) is 5. The Hall–Kier alpha value is -6.72. The maximum absolute atomic E-state index is 6.50. The van der Waals surface area contributed by atoms with Crippen LogP contribution in [-0.4, -0.2) is 11.7 Å². The molecule has 0 radical (unpaired) electrons. The predicted molar refractivity (Wildman–Crippen MR) is 204 cm³/mol. The molecule has 0 aliphatic carbocycles. The van der Waals surface area contributed by atoms with Crippen molar-refractivity contribution in [3.8, 4) is 22.3 Å². The Bertz CT molecular complexity index is 2790. The molecule has 0 saturated heterocycles. The summed E-state index contributed by atoms with van der Waals surface area (Å²) >= 11 is 0. The third-order valence-electron chi connectivity index (χ3n) is 9.55. The summed E-state index contributed by atoms with van der Waals surface area (Å²) in [5.41, 5.74) is 10.7. The minimum Gasteiger partial charge on any atom is -0.456 e. The lowest BCUT2D eigenvalue weighted by atomic mass is 9.99. The zero-order valence-electron chi connectivity index (χ0n) is 26.9. The Morgan fingerprint density at radius 3 is 1.80 bits per heavy atom. The van der Waals surface area contributed by atoms with E-state index in [2.05, 4.69) is 115 Å². The lowest BCUT2D eigenvalue weighted by Gasteiger charge is -2.24. The molecule has 1 N–H and O–H groups in total. The van der Waals surface area contributed by atoms with Gasteiger partial charge in [0.05, 0.1) is 0 Å². The third-order valence-corrected chi connectivity index (χ3v) is 9.55. The Morgan fingerprint density at radius 2 is 1.02 bits per heavy atom. The average Bonchev–Trinajstić information content (AvgIpc) is 3.77. The molecule has 10 rings (SSSR count). The molecular weight excluding hydrogens is 615 g/mol. The molecule has 0 saturated carbocycles. The highest BCUT2D eigenvalue weighted by molar-refractivity contribution is 6.25. The van der Waals surface area contributed by atoms with E-state index in [-0.39, 0.29) is 0 Å². The normalized spacial score (nSPS) is 14.6. The Kier molecular flexibility index (Phi) is 6.49. The van der Waals surface area contributed by atoms with Gasteiger partial charge in [-0.05, 0) is 64.2 Å². The maximum atomic E-state index is 6.50. The van der Waals surface area contributed by atoms with E-state index in [1.54, 1.807) is 0 Å². The maximum Gasteiger partial charge on any atom is 0.160 e. The van der Waals surface area contributed by atoms with E-state index >= 15 is 0 Å². The van der Waals surface area contributed by atoms with Crippen LogP contribution in [0.2, 0.25) is 0 Å². The van der Waals surface area contributed by atoms with Crippen molar-refractivity contribution in [2.75, 3.05) is 0 Å². The van der Waals surface area contributed by atoms with Gasteiger partial charge in [-0.1, -0.05) is 127 Å². The number of fused-ring (bicyclic) bond motifs is 6. The Labute approximate surface area is 287 Å². The monoisotopic (exact) mass is 643 g/mol. The fourth-order valence-electron chi connectivity index (χ4n) is 7.19. The third kappa shape index (κ3) is 4.71. The first-order valence-electron chi connectivity index (χ1n) is 16.8. The van der Waals surface area contributed by atoms with E-state index in [9.17, 15) is 0 Å². The SMILES string of the molecule is c1ccc(-c2cccc(C3N=C(c4cccc5oc6ccccc6c45)N=C(c4cccc5oc6cc(-c7ccccc7)ccc6c45)N3)c2)cc1. The molecule has 5 heteroatoms. The number of rotatable bonds is 5. The molecule has 2 aromatic heterocycles. The van der Waals surface area contributed by atoms with Crippen molar-refractivity contribution < 1.29 is 8.83 Å². The van der Waals surface area contributed by atoms with Gasteiger partial charge < -0.3 is 14.2 Å². The fourth-order valence-corrected chi connectivity index (χ4v) is 7.19. The molecule has 0 spiro atoms. The Morgan fingerprint density at radius 1 is 0.440 bits per heavy atom. The van der Waals surface area contributed by atoms with Crippen LogP contribution in [0.3, 0.4) is 0 Å². The van der Waals surface area contributed by atoms with Gasteiger partial charge in [-0.25, -0.2) is 9.98 Å². The number of hydrogen-bond donors (Lipinski definition) is 1. The van der Waals surface area contributed by atoms with E-state index < -0.39 is 6.17 Å². The molecule has 50 heavy (non-hydrogen) atoms. The van der Waals surface area contributed by atoms with Crippen LogP contribution in [-0.2, 0) is 0 Å². The predicted octanol–water partition coefficient (Wildman–Crippen LogP) is 11.3. The van der Waals surface area contributed by atoms with E-state index in [1.807, 2.05) is 54.6 Å². The summed E-state index contributed by atoms with van der Waals surface area (Å²) in [5, 5.41) is 7.82. The molecule has 1 unspecified atom stereocenters. The van der Waals surface area contributed by atoms with Crippen molar-refractivity contribution in [2.45, 2.75) is 6.17 Å². The van der Waals surface area contributed by atoms with Crippen LogP contribution in [0.4, 0.5) is 0 Å². The van der Waals surface area contributed by atoms with Crippen molar-refractivity contribution >= 4 is 55.5 Å². The van der Waals surface area contributed by atoms with Gasteiger partial charge in [0.25, 0.3) is 0 Å². The van der Waals surface area contributed by atoms with Crippen LogP contribution in [0, 0.1) is 0 Å². The van der Waals surface area contributed by atoms with Crippen LogP contribution in [0.5, 0.6) is 0 Å². The summed E-state index contributed by atoms with van der Waals surface area (Å²) in [6, 6.07) is 56.3. The van der Waals surface area contributed by atoms with Crippen LogP contribution in [0.15, 0.2) is 183 Å². The van der Waals surface area contributed by atoms with E-state index in [0.717, 1.165) is 88.7 Å². The van der Waals surface area contributed by atoms with Crippen molar-refractivity contribution in [3.63, 3.8) is 0 Å². The minimum absolute atomic E-state index is 0.396. The summed E-state index contributed by atoms with van der Waals surface area (Å²) in [4.78, 5) is 10.6. The van der Waals surface area contributed by atoms with Crippen LogP contribution < -0.4 is 5.32 Å². The average molecular weight is 644 g/mol. The van der Waals surface area contributed by atoms with Gasteiger partial charge in [0.2, 0.25) is 0 Å². The molecule has 1 aliphatic rings. The van der Waals surface area contributed by atoms with Gasteiger partial charge >= 0.3 is 0 Å². The van der Waals surface area contributed by atoms with Crippen molar-refractivity contribution in [1.29, 1.82) is 0 Å². The van der Waals surface area contributed by atoms with Crippen molar-refractivity contribution in [3.05, 3.63) is 180 Å². The largest absolute Gasteiger partial charge is 0.456 e. The van der Waals surface area contributed by atoms with Gasteiger partial charge in [0.15, 0.2) is 5.84 Å². The molecule has 0 fully saturated rings. The molecule has 3 heterocycles. The molecule has 0 amide bonds. The van der Waals surface area contributed by atoms with E-state index in [0.29, 0.717) is 5.84 Å². The standard InChI is InChI=1S/C45H29N3O2/c1-3-12-28(13-4-1)30-16-9-17-32(26-30)43-46-44(35-19-10-22-38-41(35)33-18-7-8-21-37(33)49-38)48-45(47-43)36-20-11-23-39-42(36)34-25-24-31(27-40(34)50-39)29-14-5-2-6-15-29/h1-27,43H,(H,46,47,48). The van der Waals surface area contributed by atoms with Crippen LogP contribution in [0.25, 0.3) is 66.1 Å². The van der Waals surface area contributed by atoms with Gasteiger partial charge in [0, 0.05) is 32.7 Å². The minimum atomic E-state index is -0.396.